The van der Waals surface area contributed by atoms with E-state index in [9.17, 15) is 9.18 Å². The van der Waals surface area contributed by atoms with Crippen molar-refractivity contribution in [3.05, 3.63) is 95.1 Å². The molecule has 1 unspecified atom stereocenters. The van der Waals surface area contributed by atoms with Gasteiger partial charge in [-0.25, -0.2) is 4.39 Å². The summed E-state index contributed by atoms with van der Waals surface area (Å²) in [6.07, 6.45) is 2.51. The molecule has 1 amide bonds. The number of aromatic nitrogens is 1. The predicted molar refractivity (Wildman–Crippen MR) is 109 cm³/mol. The van der Waals surface area contributed by atoms with E-state index in [0.29, 0.717) is 18.5 Å². The van der Waals surface area contributed by atoms with E-state index in [1.807, 2.05) is 41.3 Å². The molecule has 3 aromatic rings. The fourth-order valence-corrected chi connectivity index (χ4v) is 3.85. The maximum absolute atomic E-state index is 13.2. The number of nitrogens with zero attached hydrogens (tertiary/aromatic N) is 2. The minimum Gasteiger partial charge on any atom is -0.497 e. The van der Waals surface area contributed by atoms with Crippen LogP contribution in [0.2, 0.25) is 0 Å². The Labute approximate surface area is 170 Å². The molecule has 0 aliphatic carbocycles. The molecule has 0 bridgehead atoms. The number of hydrogen-bond acceptors (Lipinski definition) is 3. The summed E-state index contributed by atoms with van der Waals surface area (Å²) < 4.78 is 18.5. The average molecular weight is 390 g/mol. The minimum absolute atomic E-state index is 0.0576. The highest BCUT2D eigenvalue weighted by Gasteiger charge is 2.31. The van der Waals surface area contributed by atoms with Crippen LogP contribution in [0, 0.1) is 5.82 Å². The molecular formula is C24H23FN2O2. The van der Waals surface area contributed by atoms with E-state index in [-0.39, 0.29) is 17.8 Å². The summed E-state index contributed by atoms with van der Waals surface area (Å²) in [5.74, 6) is 0.407. The number of pyridine rings is 1. The highest BCUT2D eigenvalue weighted by atomic mass is 19.1. The van der Waals surface area contributed by atoms with Crippen molar-refractivity contribution in [2.45, 2.75) is 25.3 Å². The zero-order valence-corrected chi connectivity index (χ0v) is 16.3. The zero-order chi connectivity index (χ0) is 20.2. The number of carbonyl (C=O) groups is 1. The van der Waals surface area contributed by atoms with Crippen LogP contribution in [0.4, 0.5) is 4.39 Å². The zero-order valence-electron chi connectivity index (χ0n) is 16.3. The van der Waals surface area contributed by atoms with Crippen molar-refractivity contribution < 1.29 is 13.9 Å². The van der Waals surface area contributed by atoms with Crippen LogP contribution in [0.15, 0.2) is 66.7 Å². The van der Waals surface area contributed by atoms with E-state index in [1.54, 1.807) is 19.2 Å². The van der Waals surface area contributed by atoms with Gasteiger partial charge in [0.2, 0.25) is 0 Å². The van der Waals surface area contributed by atoms with Gasteiger partial charge in [0.15, 0.2) is 0 Å². The van der Waals surface area contributed by atoms with E-state index >= 15 is 0 Å². The van der Waals surface area contributed by atoms with Crippen molar-refractivity contribution in [2.24, 2.45) is 0 Å². The van der Waals surface area contributed by atoms with Gasteiger partial charge in [-0.05, 0) is 66.9 Å². The number of rotatable bonds is 5. The maximum Gasteiger partial charge on any atom is 0.254 e. The first-order valence-corrected chi connectivity index (χ1v) is 9.79. The van der Waals surface area contributed by atoms with E-state index < -0.39 is 0 Å². The topological polar surface area (TPSA) is 42.4 Å². The lowest BCUT2D eigenvalue weighted by Crippen LogP contribution is -2.31. The summed E-state index contributed by atoms with van der Waals surface area (Å²) >= 11 is 0. The first kappa shape index (κ1) is 19.1. The molecule has 0 N–H and O–H groups in total. The van der Waals surface area contributed by atoms with Gasteiger partial charge in [-0.3, -0.25) is 9.78 Å². The highest BCUT2D eigenvalue weighted by Crippen LogP contribution is 2.32. The first-order chi connectivity index (χ1) is 14.1. The Kier molecular flexibility index (Phi) is 5.56. The molecule has 1 aliphatic rings. The van der Waals surface area contributed by atoms with Crippen LogP contribution in [0.1, 0.15) is 46.2 Å². The van der Waals surface area contributed by atoms with Crippen LogP contribution in [0.3, 0.4) is 0 Å². The molecule has 0 saturated carbocycles. The Hall–Kier alpha value is -3.21. The molecule has 0 spiro atoms. The standard InChI is InChI=1S/C24H23FN2O2/c1-29-21-7-2-5-17(16-21)15-20-6-3-8-22(26-20)23-9-4-14-27(23)24(28)18-10-12-19(25)13-11-18/h2-3,5-8,10-13,16,23H,4,9,14-15H2,1H3. The number of ether oxygens (including phenoxy) is 1. The lowest BCUT2D eigenvalue weighted by atomic mass is 10.1. The summed E-state index contributed by atoms with van der Waals surface area (Å²) in [6, 6.07) is 19.6. The smallest absolute Gasteiger partial charge is 0.254 e. The summed E-state index contributed by atoms with van der Waals surface area (Å²) in [4.78, 5) is 19.7. The molecule has 1 aromatic heterocycles. The second kappa shape index (κ2) is 8.43. The Morgan fingerprint density at radius 3 is 2.72 bits per heavy atom. The number of methoxy groups -OCH3 is 1. The van der Waals surface area contributed by atoms with Crippen LogP contribution in [0.25, 0.3) is 0 Å². The van der Waals surface area contributed by atoms with Gasteiger partial charge in [-0.1, -0.05) is 18.2 Å². The lowest BCUT2D eigenvalue weighted by Gasteiger charge is -2.25. The number of benzene rings is 2. The van der Waals surface area contributed by atoms with Crippen LogP contribution in [-0.2, 0) is 6.42 Å². The minimum atomic E-state index is -0.341. The van der Waals surface area contributed by atoms with Crippen molar-refractivity contribution in [3.63, 3.8) is 0 Å². The van der Waals surface area contributed by atoms with E-state index in [1.165, 1.54) is 12.1 Å². The third kappa shape index (κ3) is 4.29. The number of halogens is 1. The second-order valence-electron chi connectivity index (χ2n) is 7.25. The van der Waals surface area contributed by atoms with Crippen molar-refractivity contribution in [3.8, 4) is 5.75 Å². The number of amides is 1. The molecule has 1 aliphatic heterocycles. The molecule has 1 saturated heterocycles. The lowest BCUT2D eigenvalue weighted by molar-refractivity contribution is 0.0732. The van der Waals surface area contributed by atoms with Crippen molar-refractivity contribution in [2.75, 3.05) is 13.7 Å². The summed E-state index contributed by atoms with van der Waals surface area (Å²) in [7, 11) is 1.66. The summed E-state index contributed by atoms with van der Waals surface area (Å²) in [5, 5.41) is 0. The van der Waals surface area contributed by atoms with Gasteiger partial charge in [0.25, 0.3) is 5.91 Å². The number of hydrogen-bond donors (Lipinski definition) is 0. The van der Waals surface area contributed by atoms with Crippen molar-refractivity contribution >= 4 is 5.91 Å². The molecule has 1 fully saturated rings. The molecule has 0 radical (unpaired) electrons. The van der Waals surface area contributed by atoms with Gasteiger partial charge in [-0.15, -0.1) is 0 Å². The molecule has 148 valence electrons. The van der Waals surface area contributed by atoms with Crippen molar-refractivity contribution in [1.29, 1.82) is 0 Å². The SMILES string of the molecule is COc1cccc(Cc2cccc(C3CCCN3C(=O)c3ccc(F)cc3)n2)c1. The Morgan fingerprint density at radius 2 is 1.93 bits per heavy atom. The Bertz CT molecular complexity index is 1000. The third-order valence-electron chi connectivity index (χ3n) is 5.29. The average Bonchev–Trinajstić information content (AvgIpc) is 3.24. The largest absolute Gasteiger partial charge is 0.497 e. The van der Waals surface area contributed by atoms with Gasteiger partial charge in [0.1, 0.15) is 11.6 Å². The molecule has 5 heteroatoms. The molecule has 2 aromatic carbocycles. The Balaban J connectivity index is 1.55. The molecule has 4 rings (SSSR count). The fraction of sp³-hybridized carbons (Fsp3) is 0.250. The summed E-state index contributed by atoms with van der Waals surface area (Å²) in [5.41, 5.74) is 3.49. The predicted octanol–water partition coefficient (Wildman–Crippen LogP) is 4.80. The first-order valence-electron chi connectivity index (χ1n) is 9.79. The van der Waals surface area contributed by atoms with Crippen LogP contribution >= 0.6 is 0 Å². The molecule has 2 heterocycles. The van der Waals surface area contributed by atoms with Gasteiger partial charge in [0, 0.05) is 24.2 Å². The normalized spacial score (nSPS) is 16.1. The highest BCUT2D eigenvalue weighted by molar-refractivity contribution is 5.94. The third-order valence-corrected chi connectivity index (χ3v) is 5.29. The molecular weight excluding hydrogens is 367 g/mol. The van der Waals surface area contributed by atoms with E-state index in [2.05, 4.69) is 6.07 Å². The van der Waals surface area contributed by atoms with Gasteiger partial charge >= 0.3 is 0 Å². The maximum atomic E-state index is 13.2. The van der Waals surface area contributed by atoms with Crippen molar-refractivity contribution in [1.82, 2.24) is 9.88 Å². The van der Waals surface area contributed by atoms with E-state index in [4.69, 9.17) is 9.72 Å². The molecule has 29 heavy (non-hydrogen) atoms. The Morgan fingerprint density at radius 1 is 1.14 bits per heavy atom. The van der Waals surface area contributed by atoms with E-state index in [0.717, 1.165) is 35.5 Å². The van der Waals surface area contributed by atoms with Gasteiger partial charge in [0.05, 0.1) is 18.8 Å². The number of likely N-dealkylation sites (tertiary alicyclic amines) is 1. The second-order valence-corrected chi connectivity index (χ2v) is 7.25. The van der Waals surface area contributed by atoms with Gasteiger partial charge < -0.3 is 9.64 Å². The van der Waals surface area contributed by atoms with Crippen LogP contribution in [0.5, 0.6) is 5.75 Å². The number of carbonyl (C=O) groups excluding carboxylic acids is 1. The molecule has 1 atom stereocenters. The van der Waals surface area contributed by atoms with Gasteiger partial charge in [-0.2, -0.15) is 0 Å². The quantitative estimate of drug-likeness (QED) is 0.629. The summed E-state index contributed by atoms with van der Waals surface area (Å²) in [6.45, 7) is 0.683. The molecule has 4 nitrogen and oxygen atoms in total. The van der Waals surface area contributed by atoms with Crippen LogP contribution in [-0.4, -0.2) is 29.4 Å². The van der Waals surface area contributed by atoms with Crippen LogP contribution < -0.4 is 4.74 Å². The fourth-order valence-electron chi connectivity index (χ4n) is 3.85. The monoisotopic (exact) mass is 390 g/mol.